The first-order valence-electron chi connectivity index (χ1n) is 5.29. The van der Waals surface area contributed by atoms with Gasteiger partial charge in [-0.05, 0) is 31.8 Å². The predicted octanol–water partition coefficient (Wildman–Crippen LogP) is 0.458. The molecule has 84 valence electrons. The molecule has 3 nitrogen and oxygen atoms in total. The van der Waals surface area contributed by atoms with E-state index in [9.17, 15) is 4.21 Å². The summed E-state index contributed by atoms with van der Waals surface area (Å²) in [5.41, 5.74) is 0. The summed E-state index contributed by atoms with van der Waals surface area (Å²) < 4.78 is 11.1. The van der Waals surface area contributed by atoms with Crippen molar-refractivity contribution in [2.75, 3.05) is 32.5 Å². The van der Waals surface area contributed by atoms with Crippen LogP contribution in [0.25, 0.3) is 0 Å². The quantitative estimate of drug-likeness (QED) is 0.730. The van der Waals surface area contributed by atoms with Gasteiger partial charge in [0.25, 0.3) is 0 Å². The van der Waals surface area contributed by atoms with Crippen LogP contribution in [0.1, 0.15) is 19.8 Å². The van der Waals surface area contributed by atoms with Crippen molar-refractivity contribution in [3.8, 4) is 0 Å². The lowest BCUT2D eigenvalue weighted by Gasteiger charge is -2.17. The Bertz CT molecular complexity index is 199. The van der Waals surface area contributed by atoms with Gasteiger partial charge in [0.2, 0.25) is 0 Å². The van der Waals surface area contributed by atoms with Gasteiger partial charge in [0.1, 0.15) is 0 Å². The Kier molecular flexibility index (Phi) is 5.06. The highest BCUT2D eigenvalue weighted by molar-refractivity contribution is 7.84. The Morgan fingerprint density at radius 1 is 1.64 bits per heavy atom. The highest BCUT2D eigenvalue weighted by Crippen LogP contribution is 2.16. The van der Waals surface area contributed by atoms with Gasteiger partial charge in [0.15, 0.2) is 0 Å². The molecular weight excluding hydrogens is 198 g/mol. The van der Waals surface area contributed by atoms with Gasteiger partial charge in [-0.3, -0.25) is 4.21 Å². The molecule has 3 atom stereocenters. The molecule has 4 heteroatoms. The summed E-state index contributed by atoms with van der Waals surface area (Å²) in [5.74, 6) is 0.470. The van der Waals surface area contributed by atoms with Gasteiger partial charge in [0.05, 0.1) is 0 Å². The fourth-order valence-electron chi connectivity index (χ4n) is 1.80. The van der Waals surface area contributed by atoms with Crippen LogP contribution < -0.4 is 0 Å². The Hall–Kier alpha value is 0.0700. The van der Waals surface area contributed by atoms with Crippen molar-refractivity contribution < 1.29 is 9.32 Å². The molecule has 0 amide bonds. The van der Waals surface area contributed by atoms with E-state index in [1.54, 1.807) is 6.26 Å². The first kappa shape index (κ1) is 12.1. The van der Waals surface area contributed by atoms with Gasteiger partial charge in [-0.25, -0.2) is 0 Å². The summed E-state index contributed by atoms with van der Waals surface area (Å²) in [4.78, 5) is 2.37. The van der Waals surface area contributed by atoms with Crippen molar-refractivity contribution in [2.24, 2.45) is 5.92 Å². The van der Waals surface area contributed by atoms with Crippen molar-refractivity contribution in [3.05, 3.63) is 0 Å². The second kappa shape index (κ2) is 5.83. The van der Waals surface area contributed by atoms with Gasteiger partial charge >= 0.3 is 0 Å². The number of hydrogen-bond acceptors (Lipinski definition) is 3. The maximum atomic E-state index is 11.1. The predicted molar refractivity (Wildman–Crippen MR) is 59.8 cm³/mol. The summed E-state index contributed by atoms with van der Waals surface area (Å²) in [5, 5.41) is 9.27. The Morgan fingerprint density at radius 3 is 2.86 bits per heavy atom. The first-order valence-corrected chi connectivity index (χ1v) is 6.91. The van der Waals surface area contributed by atoms with Crippen LogP contribution in [0.5, 0.6) is 0 Å². The van der Waals surface area contributed by atoms with E-state index in [0.717, 1.165) is 32.5 Å². The van der Waals surface area contributed by atoms with Crippen LogP contribution in [0.3, 0.4) is 0 Å². The Morgan fingerprint density at radius 2 is 2.36 bits per heavy atom. The lowest BCUT2D eigenvalue weighted by atomic mass is 10.1. The standard InChI is InChI=1S/C10H21NO2S/c1-9(14(2)13)3-5-11-6-4-10(7-11)8-12/h9-10,12H,3-8H2,1-2H3. The van der Waals surface area contributed by atoms with Crippen molar-refractivity contribution >= 4 is 10.8 Å². The average molecular weight is 219 g/mol. The van der Waals surface area contributed by atoms with E-state index < -0.39 is 10.8 Å². The molecule has 0 aliphatic carbocycles. The zero-order chi connectivity index (χ0) is 10.6. The summed E-state index contributed by atoms with van der Waals surface area (Å²) in [6, 6.07) is 0. The van der Waals surface area contributed by atoms with Crippen LogP contribution in [-0.4, -0.2) is 52.0 Å². The minimum Gasteiger partial charge on any atom is -0.396 e. The lowest BCUT2D eigenvalue weighted by Crippen LogP contribution is -2.26. The van der Waals surface area contributed by atoms with E-state index in [1.807, 2.05) is 6.92 Å². The first-order chi connectivity index (χ1) is 6.63. The molecular formula is C10H21NO2S. The van der Waals surface area contributed by atoms with Crippen molar-refractivity contribution in [1.82, 2.24) is 4.90 Å². The smallest absolute Gasteiger partial charge is 0.0471 e. The molecule has 1 saturated heterocycles. The lowest BCUT2D eigenvalue weighted by molar-refractivity contribution is 0.221. The maximum absolute atomic E-state index is 11.1. The van der Waals surface area contributed by atoms with E-state index in [4.69, 9.17) is 5.11 Å². The van der Waals surface area contributed by atoms with Crippen LogP contribution in [0, 0.1) is 5.92 Å². The van der Waals surface area contributed by atoms with Gasteiger partial charge in [-0.2, -0.15) is 0 Å². The fourth-order valence-corrected chi connectivity index (χ4v) is 2.23. The number of rotatable bonds is 5. The number of aliphatic hydroxyl groups is 1. The molecule has 1 aliphatic rings. The normalized spacial score (nSPS) is 27.8. The van der Waals surface area contributed by atoms with Gasteiger partial charge < -0.3 is 10.0 Å². The van der Waals surface area contributed by atoms with Gasteiger partial charge in [-0.15, -0.1) is 0 Å². The zero-order valence-electron chi connectivity index (χ0n) is 9.11. The third-order valence-corrected chi connectivity index (χ3v) is 4.42. The van der Waals surface area contributed by atoms with E-state index in [1.165, 1.54) is 0 Å². The van der Waals surface area contributed by atoms with Gasteiger partial charge in [0, 0.05) is 35.5 Å². The molecule has 0 bridgehead atoms. The number of nitrogens with zero attached hydrogens (tertiary/aromatic N) is 1. The van der Waals surface area contributed by atoms with E-state index in [-0.39, 0.29) is 0 Å². The molecule has 0 saturated carbocycles. The molecule has 14 heavy (non-hydrogen) atoms. The Labute approximate surface area is 88.9 Å². The van der Waals surface area contributed by atoms with Crippen LogP contribution in [0.4, 0.5) is 0 Å². The number of aliphatic hydroxyl groups excluding tert-OH is 1. The summed E-state index contributed by atoms with van der Waals surface area (Å²) in [6.07, 6.45) is 3.88. The topological polar surface area (TPSA) is 40.5 Å². The largest absolute Gasteiger partial charge is 0.396 e. The monoisotopic (exact) mass is 219 g/mol. The van der Waals surface area contributed by atoms with Crippen LogP contribution in [0.2, 0.25) is 0 Å². The van der Waals surface area contributed by atoms with E-state index in [2.05, 4.69) is 4.90 Å². The number of hydrogen-bond donors (Lipinski definition) is 1. The molecule has 1 aliphatic heterocycles. The molecule has 0 radical (unpaired) electrons. The third kappa shape index (κ3) is 3.67. The van der Waals surface area contributed by atoms with Crippen LogP contribution in [0.15, 0.2) is 0 Å². The minimum absolute atomic E-state index is 0.295. The van der Waals surface area contributed by atoms with Crippen molar-refractivity contribution in [3.63, 3.8) is 0 Å². The molecule has 0 aromatic rings. The molecule has 0 spiro atoms. The molecule has 1 rings (SSSR count). The second-order valence-corrected chi connectivity index (χ2v) is 6.04. The maximum Gasteiger partial charge on any atom is 0.0471 e. The zero-order valence-corrected chi connectivity index (χ0v) is 9.92. The summed E-state index contributed by atoms with van der Waals surface area (Å²) in [6.45, 7) is 5.48. The summed E-state index contributed by atoms with van der Waals surface area (Å²) in [7, 11) is -0.697. The molecule has 1 N–H and O–H groups in total. The van der Waals surface area contributed by atoms with E-state index >= 15 is 0 Å². The second-order valence-electron chi connectivity index (χ2n) is 4.24. The van der Waals surface area contributed by atoms with Gasteiger partial charge in [-0.1, -0.05) is 6.92 Å². The van der Waals surface area contributed by atoms with Crippen LogP contribution >= 0.6 is 0 Å². The SMILES string of the molecule is CC(CCN1CCC(CO)C1)S(C)=O. The fraction of sp³-hybridized carbons (Fsp3) is 1.00. The minimum atomic E-state index is -0.697. The highest BCUT2D eigenvalue weighted by Gasteiger charge is 2.21. The van der Waals surface area contributed by atoms with Crippen molar-refractivity contribution in [1.29, 1.82) is 0 Å². The average Bonchev–Trinajstić information content (AvgIpc) is 2.61. The molecule has 0 aromatic carbocycles. The van der Waals surface area contributed by atoms with Crippen molar-refractivity contribution in [2.45, 2.75) is 25.0 Å². The summed E-state index contributed by atoms with van der Waals surface area (Å²) >= 11 is 0. The molecule has 1 fully saturated rings. The Balaban J connectivity index is 2.17. The highest BCUT2D eigenvalue weighted by atomic mass is 32.2. The molecule has 3 unspecified atom stereocenters. The molecule has 1 heterocycles. The molecule has 0 aromatic heterocycles. The van der Waals surface area contributed by atoms with E-state index in [0.29, 0.717) is 17.8 Å². The third-order valence-electron chi connectivity index (χ3n) is 3.05. The number of likely N-dealkylation sites (tertiary alicyclic amines) is 1. The van der Waals surface area contributed by atoms with Crippen LogP contribution in [-0.2, 0) is 10.8 Å².